The van der Waals surface area contributed by atoms with Gasteiger partial charge < -0.3 is 19.9 Å². The van der Waals surface area contributed by atoms with Crippen molar-refractivity contribution in [2.75, 3.05) is 37.6 Å². The number of carbonyl (C=O) groups is 2. The summed E-state index contributed by atoms with van der Waals surface area (Å²) in [6.07, 6.45) is -1.98. The minimum absolute atomic E-state index is 0.0274. The number of aromatic nitrogens is 2. The second-order valence-electron chi connectivity index (χ2n) is 8.48. The van der Waals surface area contributed by atoms with Crippen molar-refractivity contribution in [1.29, 1.82) is 0 Å². The molecule has 2 aromatic rings. The standard InChI is InChI=1S/C23H26F3N5O3/c24-23(25,26)18-4-2-1-3-17(18)15-21(32)31-13-11-30(12-14-31)19-7-8-20(29-28-19)34-22(33)27-10-9-16-5-6-16/h1-4,7-8,16H,5-6,9-15H2,(H,27,33). The van der Waals surface area contributed by atoms with Crippen LogP contribution in [0.25, 0.3) is 0 Å². The van der Waals surface area contributed by atoms with Crippen LogP contribution in [-0.4, -0.2) is 59.8 Å². The van der Waals surface area contributed by atoms with Gasteiger partial charge in [0.2, 0.25) is 11.8 Å². The molecule has 0 spiro atoms. The lowest BCUT2D eigenvalue weighted by Crippen LogP contribution is -2.49. The van der Waals surface area contributed by atoms with E-state index in [4.69, 9.17) is 4.74 Å². The summed E-state index contributed by atoms with van der Waals surface area (Å²) in [6.45, 7) is 2.21. The van der Waals surface area contributed by atoms with Crippen molar-refractivity contribution in [1.82, 2.24) is 20.4 Å². The lowest BCUT2D eigenvalue weighted by molar-refractivity contribution is -0.138. The van der Waals surface area contributed by atoms with Crippen molar-refractivity contribution < 1.29 is 27.5 Å². The Labute approximate surface area is 195 Å². The average molecular weight is 477 g/mol. The van der Waals surface area contributed by atoms with Gasteiger partial charge >= 0.3 is 12.3 Å². The second-order valence-corrected chi connectivity index (χ2v) is 8.48. The Hall–Kier alpha value is -3.37. The largest absolute Gasteiger partial charge is 0.416 e. The van der Waals surface area contributed by atoms with Crippen molar-refractivity contribution in [3.05, 3.63) is 47.5 Å². The Morgan fingerprint density at radius 2 is 1.76 bits per heavy atom. The van der Waals surface area contributed by atoms with Gasteiger partial charge in [0, 0.05) is 38.8 Å². The van der Waals surface area contributed by atoms with Crippen LogP contribution in [0.4, 0.5) is 23.8 Å². The average Bonchev–Trinajstić information content (AvgIpc) is 3.64. The number of ether oxygens (including phenoxy) is 1. The molecule has 1 aromatic heterocycles. The third-order valence-corrected chi connectivity index (χ3v) is 5.96. The molecular weight excluding hydrogens is 451 g/mol. The van der Waals surface area contributed by atoms with Crippen LogP contribution in [0.15, 0.2) is 36.4 Å². The van der Waals surface area contributed by atoms with E-state index < -0.39 is 17.8 Å². The van der Waals surface area contributed by atoms with Crippen LogP contribution in [-0.2, 0) is 17.4 Å². The van der Waals surface area contributed by atoms with E-state index in [2.05, 4.69) is 15.5 Å². The first-order chi connectivity index (χ1) is 16.3. The fourth-order valence-electron chi connectivity index (χ4n) is 3.86. The molecular formula is C23H26F3N5O3. The number of halogens is 3. The molecule has 34 heavy (non-hydrogen) atoms. The summed E-state index contributed by atoms with van der Waals surface area (Å²) >= 11 is 0. The van der Waals surface area contributed by atoms with Crippen LogP contribution in [0.3, 0.4) is 0 Å². The van der Waals surface area contributed by atoms with Crippen LogP contribution in [0.5, 0.6) is 5.88 Å². The van der Waals surface area contributed by atoms with E-state index in [0.717, 1.165) is 12.5 Å². The highest BCUT2D eigenvalue weighted by Crippen LogP contribution is 2.32. The molecule has 8 nitrogen and oxygen atoms in total. The molecule has 0 radical (unpaired) electrons. The minimum atomic E-state index is -4.50. The molecule has 2 aliphatic rings. The number of amides is 2. The first-order valence-electron chi connectivity index (χ1n) is 11.3. The number of nitrogens with zero attached hydrogens (tertiary/aromatic N) is 4. The molecule has 4 rings (SSSR count). The fraction of sp³-hybridized carbons (Fsp3) is 0.478. The zero-order chi connectivity index (χ0) is 24.1. The van der Waals surface area contributed by atoms with Crippen LogP contribution in [0.1, 0.15) is 30.4 Å². The van der Waals surface area contributed by atoms with E-state index >= 15 is 0 Å². The maximum atomic E-state index is 13.2. The molecule has 0 atom stereocenters. The van der Waals surface area contributed by atoms with Gasteiger partial charge in [0.1, 0.15) is 0 Å². The summed E-state index contributed by atoms with van der Waals surface area (Å²) in [7, 11) is 0. The van der Waals surface area contributed by atoms with Gasteiger partial charge in [-0.05, 0) is 30.0 Å². The molecule has 1 saturated carbocycles. The van der Waals surface area contributed by atoms with E-state index in [0.29, 0.717) is 44.5 Å². The highest BCUT2D eigenvalue weighted by atomic mass is 19.4. The van der Waals surface area contributed by atoms with Crippen LogP contribution < -0.4 is 15.0 Å². The number of anilines is 1. The van der Waals surface area contributed by atoms with Crippen molar-refractivity contribution in [3.63, 3.8) is 0 Å². The summed E-state index contributed by atoms with van der Waals surface area (Å²) in [5.41, 5.74) is -0.809. The van der Waals surface area contributed by atoms with Crippen LogP contribution >= 0.6 is 0 Å². The predicted octanol–water partition coefficient (Wildman–Crippen LogP) is 3.28. The van der Waals surface area contributed by atoms with Gasteiger partial charge in [0.05, 0.1) is 12.0 Å². The third kappa shape index (κ3) is 6.36. The fourth-order valence-corrected chi connectivity index (χ4v) is 3.86. The van der Waals surface area contributed by atoms with Crippen LogP contribution in [0, 0.1) is 5.92 Å². The number of nitrogens with one attached hydrogen (secondary N) is 1. The molecule has 1 aliphatic carbocycles. The summed E-state index contributed by atoms with van der Waals surface area (Å²) in [4.78, 5) is 27.9. The summed E-state index contributed by atoms with van der Waals surface area (Å²) in [6, 6.07) is 8.37. The van der Waals surface area contributed by atoms with E-state index in [1.54, 1.807) is 17.0 Å². The quantitative estimate of drug-likeness (QED) is 0.659. The Morgan fingerprint density at radius 1 is 1.03 bits per heavy atom. The van der Waals surface area contributed by atoms with Gasteiger partial charge in [-0.25, -0.2) is 4.79 Å². The van der Waals surface area contributed by atoms with Gasteiger partial charge in [-0.2, -0.15) is 13.2 Å². The predicted molar refractivity (Wildman–Crippen MR) is 117 cm³/mol. The number of hydrogen-bond acceptors (Lipinski definition) is 6. The molecule has 2 heterocycles. The summed E-state index contributed by atoms with van der Waals surface area (Å²) in [5.74, 6) is 1.02. The highest BCUT2D eigenvalue weighted by Gasteiger charge is 2.34. The summed E-state index contributed by atoms with van der Waals surface area (Å²) in [5, 5.41) is 10.7. The SMILES string of the molecule is O=C(NCCC1CC1)Oc1ccc(N2CCN(C(=O)Cc3ccccc3C(F)(F)F)CC2)nn1. The monoisotopic (exact) mass is 477 g/mol. The van der Waals surface area contributed by atoms with Gasteiger partial charge in [-0.15, -0.1) is 10.2 Å². The molecule has 0 bridgehead atoms. The van der Waals surface area contributed by atoms with Gasteiger partial charge in [-0.3, -0.25) is 4.79 Å². The maximum absolute atomic E-state index is 13.2. The molecule has 1 N–H and O–H groups in total. The Bertz CT molecular complexity index is 1000. The van der Waals surface area contributed by atoms with Gasteiger partial charge in [0.25, 0.3) is 0 Å². The zero-order valence-electron chi connectivity index (χ0n) is 18.6. The summed E-state index contributed by atoms with van der Waals surface area (Å²) < 4.78 is 44.7. The Kier molecular flexibility index (Phi) is 7.18. The first kappa shape index (κ1) is 23.8. The number of rotatable bonds is 7. The van der Waals surface area contributed by atoms with Crippen molar-refractivity contribution >= 4 is 17.8 Å². The van der Waals surface area contributed by atoms with Crippen molar-refractivity contribution in [2.45, 2.75) is 31.9 Å². The second kappa shape index (κ2) is 10.3. The Morgan fingerprint density at radius 3 is 2.41 bits per heavy atom. The smallest absolute Gasteiger partial charge is 0.390 e. The molecule has 11 heteroatoms. The van der Waals surface area contributed by atoms with E-state index in [1.165, 1.54) is 31.0 Å². The zero-order valence-corrected chi connectivity index (χ0v) is 18.6. The molecule has 1 aromatic carbocycles. The van der Waals surface area contributed by atoms with Gasteiger partial charge in [-0.1, -0.05) is 31.0 Å². The Balaban J connectivity index is 1.25. The first-order valence-corrected chi connectivity index (χ1v) is 11.3. The van der Waals surface area contributed by atoms with Crippen molar-refractivity contribution in [3.8, 4) is 5.88 Å². The third-order valence-electron chi connectivity index (χ3n) is 5.96. The maximum Gasteiger partial charge on any atom is 0.416 e. The number of hydrogen-bond donors (Lipinski definition) is 1. The molecule has 1 aliphatic heterocycles. The molecule has 0 unspecified atom stereocenters. The van der Waals surface area contributed by atoms with Gasteiger partial charge in [0.15, 0.2) is 5.82 Å². The molecule has 182 valence electrons. The highest BCUT2D eigenvalue weighted by molar-refractivity contribution is 5.79. The lowest BCUT2D eigenvalue weighted by Gasteiger charge is -2.35. The molecule has 2 fully saturated rings. The van der Waals surface area contributed by atoms with Crippen molar-refractivity contribution in [2.24, 2.45) is 5.92 Å². The topological polar surface area (TPSA) is 87.7 Å². The molecule has 1 saturated heterocycles. The van der Waals surface area contributed by atoms with Crippen LogP contribution in [0.2, 0.25) is 0 Å². The van der Waals surface area contributed by atoms with E-state index in [1.807, 2.05) is 4.90 Å². The number of benzene rings is 1. The number of piperazine rings is 1. The normalized spacial score (nSPS) is 16.3. The van der Waals surface area contributed by atoms with E-state index in [9.17, 15) is 22.8 Å². The minimum Gasteiger partial charge on any atom is -0.390 e. The number of carbonyl (C=O) groups excluding carboxylic acids is 2. The number of alkyl halides is 3. The van der Waals surface area contributed by atoms with E-state index in [-0.39, 0.29) is 23.8 Å². The lowest BCUT2D eigenvalue weighted by atomic mass is 10.0. The molecule has 2 amide bonds.